The van der Waals surface area contributed by atoms with Gasteiger partial charge in [-0.2, -0.15) is 0 Å². The Labute approximate surface area is 101 Å². The molecule has 1 N–H and O–H groups in total. The second kappa shape index (κ2) is 5.48. The molecule has 1 aromatic rings. The van der Waals surface area contributed by atoms with Crippen LogP contribution >= 0.6 is 0 Å². The molecule has 17 heavy (non-hydrogen) atoms. The van der Waals surface area contributed by atoms with Gasteiger partial charge in [0.05, 0.1) is 0 Å². The molecule has 1 saturated heterocycles. The summed E-state index contributed by atoms with van der Waals surface area (Å²) in [6.07, 6.45) is 2.00. The monoisotopic (exact) mass is 232 g/mol. The van der Waals surface area contributed by atoms with Crippen molar-refractivity contribution >= 4 is 11.8 Å². The zero-order valence-corrected chi connectivity index (χ0v) is 9.69. The van der Waals surface area contributed by atoms with E-state index in [0.29, 0.717) is 19.6 Å². The summed E-state index contributed by atoms with van der Waals surface area (Å²) >= 11 is 0. The number of likely N-dealkylation sites (tertiary alicyclic amines) is 1. The predicted molar refractivity (Wildman–Crippen MR) is 64.1 cm³/mol. The van der Waals surface area contributed by atoms with Crippen molar-refractivity contribution in [2.45, 2.75) is 19.4 Å². The molecule has 0 aromatic heterocycles. The van der Waals surface area contributed by atoms with Crippen LogP contribution in [0.15, 0.2) is 30.3 Å². The van der Waals surface area contributed by atoms with Crippen molar-refractivity contribution in [2.24, 2.45) is 0 Å². The Kier molecular flexibility index (Phi) is 3.75. The third-order valence-corrected chi connectivity index (χ3v) is 2.88. The van der Waals surface area contributed by atoms with Crippen molar-refractivity contribution in [3.63, 3.8) is 0 Å². The summed E-state index contributed by atoms with van der Waals surface area (Å²) in [7, 11) is 0. The van der Waals surface area contributed by atoms with Crippen LogP contribution in [0, 0.1) is 0 Å². The number of nitrogens with zero attached hydrogens (tertiary/aromatic N) is 1. The molecule has 1 heterocycles. The Morgan fingerprint density at radius 1 is 1.12 bits per heavy atom. The van der Waals surface area contributed by atoms with E-state index in [1.165, 1.54) is 0 Å². The molecule has 1 aromatic carbocycles. The minimum Gasteiger partial charge on any atom is -0.344 e. The first-order valence-electron chi connectivity index (χ1n) is 5.88. The largest absolute Gasteiger partial charge is 0.344 e. The van der Waals surface area contributed by atoms with Crippen LogP contribution in [0.4, 0.5) is 0 Å². The standard InChI is InChI=1S/C13H16N2O2/c16-12(13(17)15-8-4-5-9-15)14-10-11-6-2-1-3-7-11/h1-3,6-7H,4-5,8-10H2,(H,14,16). The number of rotatable bonds is 2. The van der Waals surface area contributed by atoms with Gasteiger partial charge < -0.3 is 10.2 Å². The summed E-state index contributed by atoms with van der Waals surface area (Å²) in [5, 5.41) is 2.65. The first kappa shape index (κ1) is 11.6. The molecule has 1 fully saturated rings. The van der Waals surface area contributed by atoms with Crippen LogP contribution in [0.3, 0.4) is 0 Å². The van der Waals surface area contributed by atoms with Crippen molar-refractivity contribution in [3.8, 4) is 0 Å². The van der Waals surface area contributed by atoms with E-state index in [0.717, 1.165) is 18.4 Å². The lowest BCUT2D eigenvalue weighted by Crippen LogP contribution is -2.41. The van der Waals surface area contributed by atoms with Crippen molar-refractivity contribution in [1.29, 1.82) is 0 Å². The molecule has 4 nitrogen and oxygen atoms in total. The van der Waals surface area contributed by atoms with E-state index >= 15 is 0 Å². The van der Waals surface area contributed by atoms with Gasteiger partial charge in [0, 0.05) is 19.6 Å². The van der Waals surface area contributed by atoms with E-state index < -0.39 is 11.8 Å². The van der Waals surface area contributed by atoms with E-state index in [1.54, 1.807) is 4.90 Å². The molecule has 0 atom stereocenters. The van der Waals surface area contributed by atoms with Gasteiger partial charge in [-0.25, -0.2) is 0 Å². The Morgan fingerprint density at radius 3 is 2.41 bits per heavy atom. The van der Waals surface area contributed by atoms with E-state index in [1.807, 2.05) is 30.3 Å². The fourth-order valence-electron chi connectivity index (χ4n) is 1.92. The maximum Gasteiger partial charge on any atom is 0.311 e. The highest BCUT2D eigenvalue weighted by Crippen LogP contribution is 2.07. The van der Waals surface area contributed by atoms with E-state index in [9.17, 15) is 9.59 Å². The first-order valence-corrected chi connectivity index (χ1v) is 5.88. The van der Waals surface area contributed by atoms with Crippen LogP contribution in [0.1, 0.15) is 18.4 Å². The maximum atomic E-state index is 11.7. The molecule has 0 radical (unpaired) electrons. The van der Waals surface area contributed by atoms with Gasteiger partial charge >= 0.3 is 11.8 Å². The zero-order valence-electron chi connectivity index (χ0n) is 9.69. The second-order valence-corrected chi connectivity index (χ2v) is 4.17. The lowest BCUT2D eigenvalue weighted by molar-refractivity contribution is -0.145. The third kappa shape index (κ3) is 3.06. The van der Waals surface area contributed by atoms with Gasteiger partial charge in [-0.1, -0.05) is 30.3 Å². The summed E-state index contributed by atoms with van der Waals surface area (Å²) in [6.45, 7) is 1.81. The van der Waals surface area contributed by atoms with Gasteiger partial charge in [0.1, 0.15) is 0 Å². The Balaban J connectivity index is 1.83. The summed E-state index contributed by atoms with van der Waals surface area (Å²) in [5.41, 5.74) is 0.995. The fraction of sp³-hybridized carbons (Fsp3) is 0.385. The SMILES string of the molecule is O=C(NCc1ccccc1)C(=O)N1CCCC1. The molecule has 2 amide bonds. The Morgan fingerprint density at radius 2 is 1.76 bits per heavy atom. The third-order valence-electron chi connectivity index (χ3n) is 2.88. The number of hydrogen-bond acceptors (Lipinski definition) is 2. The van der Waals surface area contributed by atoms with Gasteiger partial charge in [0.15, 0.2) is 0 Å². The number of carbonyl (C=O) groups excluding carboxylic acids is 2. The van der Waals surface area contributed by atoms with E-state index in [2.05, 4.69) is 5.32 Å². The van der Waals surface area contributed by atoms with Gasteiger partial charge in [0.2, 0.25) is 0 Å². The molecule has 0 bridgehead atoms. The fourth-order valence-corrected chi connectivity index (χ4v) is 1.92. The summed E-state index contributed by atoms with van der Waals surface area (Å²) in [5.74, 6) is -0.908. The number of nitrogens with one attached hydrogen (secondary N) is 1. The van der Waals surface area contributed by atoms with Crippen molar-refractivity contribution in [2.75, 3.05) is 13.1 Å². The van der Waals surface area contributed by atoms with Crippen LogP contribution in [0.2, 0.25) is 0 Å². The molecule has 0 saturated carbocycles. The molecule has 4 heteroatoms. The quantitative estimate of drug-likeness (QED) is 0.771. The maximum absolute atomic E-state index is 11.7. The van der Waals surface area contributed by atoms with Crippen LogP contribution < -0.4 is 5.32 Å². The lowest BCUT2D eigenvalue weighted by atomic mass is 10.2. The summed E-state index contributed by atoms with van der Waals surface area (Å²) < 4.78 is 0. The van der Waals surface area contributed by atoms with Gasteiger partial charge in [-0.3, -0.25) is 9.59 Å². The summed E-state index contributed by atoms with van der Waals surface area (Å²) in [4.78, 5) is 24.9. The average molecular weight is 232 g/mol. The number of amides is 2. The predicted octanol–water partition coefficient (Wildman–Crippen LogP) is 0.925. The second-order valence-electron chi connectivity index (χ2n) is 4.17. The molecule has 1 aliphatic rings. The lowest BCUT2D eigenvalue weighted by Gasteiger charge is -2.14. The number of benzene rings is 1. The highest BCUT2D eigenvalue weighted by atomic mass is 16.2. The zero-order chi connectivity index (χ0) is 12.1. The van der Waals surface area contributed by atoms with Crippen LogP contribution in [-0.4, -0.2) is 29.8 Å². The normalized spacial score (nSPS) is 14.7. The van der Waals surface area contributed by atoms with Gasteiger partial charge in [0.25, 0.3) is 0 Å². The molecule has 2 rings (SSSR count). The van der Waals surface area contributed by atoms with Crippen molar-refractivity contribution in [1.82, 2.24) is 10.2 Å². The molecular weight excluding hydrogens is 216 g/mol. The molecule has 1 aliphatic heterocycles. The molecule has 90 valence electrons. The van der Waals surface area contributed by atoms with Gasteiger partial charge in [-0.15, -0.1) is 0 Å². The number of hydrogen-bond donors (Lipinski definition) is 1. The van der Waals surface area contributed by atoms with Crippen LogP contribution in [0.5, 0.6) is 0 Å². The van der Waals surface area contributed by atoms with Crippen LogP contribution in [-0.2, 0) is 16.1 Å². The van der Waals surface area contributed by atoms with E-state index in [4.69, 9.17) is 0 Å². The Hall–Kier alpha value is -1.84. The van der Waals surface area contributed by atoms with Crippen LogP contribution in [0.25, 0.3) is 0 Å². The van der Waals surface area contributed by atoms with Crippen molar-refractivity contribution in [3.05, 3.63) is 35.9 Å². The molecular formula is C13H16N2O2. The minimum absolute atomic E-state index is 0.402. The minimum atomic E-state index is -0.504. The average Bonchev–Trinajstić information content (AvgIpc) is 2.90. The Bertz CT molecular complexity index is 397. The molecule has 0 aliphatic carbocycles. The number of carbonyl (C=O) groups is 2. The highest BCUT2D eigenvalue weighted by Gasteiger charge is 2.23. The smallest absolute Gasteiger partial charge is 0.311 e. The summed E-state index contributed by atoms with van der Waals surface area (Å²) in [6, 6.07) is 9.56. The van der Waals surface area contributed by atoms with Crippen molar-refractivity contribution < 1.29 is 9.59 Å². The highest BCUT2D eigenvalue weighted by molar-refractivity contribution is 6.35. The molecule has 0 unspecified atom stereocenters. The topological polar surface area (TPSA) is 49.4 Å². The van der Waals surface area contributed by atoms with E-state index in [-0.39, 0.29) is 0 Å². The van der Waals surface area contributed by atoms with Gasteiger partial charge in [-0.05, 0) is 18.4 Å². The first-order chi connectivity index (χ1) is 8.27. The molecule has 0 spiro atoms.